The van der Waals surface area contributed by atoms with Crippen molar-refractivity contribution < 1.29 is 4.74 Å². The van der Waals surface area contributed by atoms with Crippen molar-refractivity contribution in [2.45, 2.75) is 6.42 Å². The fraction of sp³-hybridized carbons (Fsp3) is 0.111. The highest BCUT2D eigenvalue weighted by Gasteiger charge is 2.23. The molecule has 80 valence electrons. The van der Waals surface area contributed by atoms with Crippen molar-refractivity contribution in [1.82, 2.24) is 19.9 Å². The Morgan fingerprint density at radius 3 is 2.00 bits per heavy atom. The summed E-state index contributed by atoms with van der Waals surface area (Å²) in [5.41, 5.74) is 0.0693. The molecule has 7 heteroatoms. The van der Waals surface area contributed by atoms with Crippen LogP contribution in [0.2, 0.25) is 0 Å². The molecular formula is C9H6N4O3. The van der Waals surface area contributed by atoms with Crippen LogP contribution in [0.25, 0.3) is 0 Å². The molecule has 0 amide bonds. The second-order valence-electron chi connectivity index (χ2n) is 3.31. The molecule has 3 heterocycles. The fourth-order valence-corrected chi connectivity index (χ4v) is 1.58. The molecule has 0 atom stereocenters. The zero-order chi connectivity index (χ0) is 11.1. The first-order valence-corrected chi connectivity index (χ1v) is 4.56. The Kier molecular flexibility index (Phi) is 1.67. The van der Waals surface area contributed by atoms with Gasteiger partial charge in [0, 0.05) is 6.42 Å². The van der Waals surface area contributed by atoms with E-state index in [2.05, 4.69) is 19.9 Å². The molecule has 0 unspecified atom stereocenters. The van der Waals surface area contributed by atoms with Gasteiger partial charge in [0.15, 0.2) is 0 Å². The quantitative estimate of drug-likeness (QED) is 0.532. The van der Waals surface area contributed by atoms with Crippen LogP contribution in [0.15, 0.2) is 22.2 Å². The largest absolute Gasteiger partial charge is 0.420 e. The van der Waals surface area contributed by atoms with Crippen LogP contribution in [0, 0.1) is 0 Å². The summed E-state index contributed by atoms with van der Waals surface area (Å²) in [4.78, 5) is 35.6. The Hall–Kier alpha value is -2.44. The van der Waals surface area contributed by atoms with Crippen molar-refractivity contribution in [3.63, 3.8) is 0 Å². The number of aromatic amines is 2. The smallest absolute Gasteiger partial charge is 0.258 e. The lowest BCUT2D eigenvalue weighted by molar-refractivity contribution is 0.416. The van der Waals surface area contributed by atoms with E-state index in [1.54, 1.807) is 0 Å². The van der Waals surface area contributed by atoms with Gasteiger partial charge in [-0.1, -0.05) is 0 Å². The highest BCUT2D eigenvalue weighted by atomic mass is 16.5. The van der Waals surface area contributed by atoms with Gasteiger partial charge in [-0.25, -0.2) is 9.97 Å². The van der Waals surface area contributed by atoms with E-state index in [9.17, 15) is 9.59 Å². The first-order chi connectivity index (χ1) is 7.75. The number of hydrogen-bond donors (Lipinski definition) is 2. The number of aromatic nitrogens is 4. The maximum Gasteiger partial charge on any atom is 0.258 e. The SMILES string of the molecule is O=c1[nH]cnc2c1Cc1c(nc[nH]c1=O)O2. The van der Waals surface area contributed by atoms with Gasteiger partial charge < -0.3 is 14.7 Å². The van der Waals surface area contributed by atoms with Crippen LogP contribution in [-0.2, 0) is 6.42 Å². The molecule has 0 spiro atoms. The van der Waals surface area contributed by atoms with E-state index in [0.717, 1.165) is 0 Å². The second kappa shape index (κ2) is 3.02. The van der Waals surface area contributed by atoms with Gasteiger partial charge in [0.1, 0.15) is 0 Å². The first-order valence-electron chi connectivity index (χ1n) is 4.56. The van der Waals surface area contributed by atoms with Gasteiger partial charge >= 0.3 is 0 Å². The zero-order valence-electron chi connectivity index (χ0n) is 7.98. The lowest BCUT2D eigenvalue weighted by Crippen LogP contribution is -2.24. The van der Waals surface area contributed by atoms with Crippen LogP contribution in [-0.4, -0.2) is 19.9 Å². The van der Waals surface area contributed by atoms with Crippen molar-refractivity contribution in [3.05, 3.63) is 44.5 Å². The summed E-state index contributed by atoms with van der Waals surface area (Å²) in [6.45, 7) is 0. The van der Waals surface area contributed by atoms with Gasteiger partial charge in [-0.05, 0) is 0 Å². The predicted molar refractivity (Wildman–Crippen MR) is 52.6 cm³/mol. The van der Waals surface area contributed by atoms with Crippen LogP contribution in [0.3, 0.4) is 0 Å². The molecule has 3 rings (SSSR count). The molecule has 1 aliphatic rings. The van der Waals surface area contributed by atoms with Crippen LogP contribution >= 0.6 is 0 Å². The molecule has 0 radical (unpaired) electrons. The molecule has 2 aromatic heterocycles. The first kappa shape index (κ1) is 8.84. The number of rotatable bonds is 0. The van der Waals surface area contributed by atoms with Crippen molar-refractivity contribution in [2.75, 3.05) is 0 Å². The summed E-state index contributed by atoms with van der Waals surface area (Å²) < 4.78 is 5.28. The number of fused-ring (bicyclic) bond motifs is 2. The van der Waals surface area contributed by atoms with Crippen LogP contribution in [0.1, 0.15) is 11.1 Å². The minimum atomic E-state index is -0.307. The van der Waals surface area contributed by atoms with E-state index in [1.807, 2.05) is 0 Å². The van der Waals surface area contributed by atoms with Crippen LogP contribution in [0.5, 0.6) is 11.8 Å². The summed E-state index contributed by atoms with van der Waals surface area (Å²) in [6.07, 6.45) is 2.68. The third kappa shape index (κ3) is 1.14. The number of nitrogens with one attached hydrogen (secondary N) is 2. The Labute approximate surface area is 88.2 Å². The Balaban J connectivity index is 2.25. The molecule has 7 nitrogen and oxygen atoms in total. The van der Waals surface area contributed by atoms with Gasteiger partial charge in [0.05, 0.1) is 23.8 Å². The van der Waals surface area contributed by atoms with Gasteiger partial charge in [-0.2, -0.15) is 0 Å². The van der Waals surface area contributed by atoms with Crippen molar-refractivity contribution in [3.8, 4) is 11.8 Å². The summed E-state index contributed by atoms with van der Waals surface area (Å²) in [5, 5.41) is 0. The molecule has 0 aliphatic carbocycles. The predicted octanol–water partition coefficient (Wildman–Crippen LogP) is -0.450. The van der Waals surface area contributed by atoms with E-state index in [1.165, 1.54) is 12.7 Å². The highest BCUT2D eigenvalue weighted by molar-refractivity contribution is 5.40. The summed E-state index contributed by atoms with van der Waals surface area (Å²) in [6, 6.07) is 0. The second-order valence-corrected chi connectivity index (χ2v) is 3.31. The fourth-order valence-electron chi connectivity index (χ4n) is 1.58. The summed E-state index contributed by atoms with van der Waals surface area (Å²) in [5.74, 6) is 0.406. The normalized spacial score (nSPS) is 12.5. The van der Waals surface area contributed by atoms with E-state index < -0.39 is 0 Å². The van der Waals surface area contributed by atoms with Gasteiger partial charge in [0.25, 0.3) is 11.1 Å². The topological polar surface area (TPSA) is 101 Å². The molecule has 1 aliphatic heterocycles. The molecule has 0 saturated heterocycles. The number of ether oxygens (including phenoxy) is 1. The highest BCUT2D eigenvalue weighted by Crippen LogP contribution is 2.28. The Morgan fingerprint density at radius 1 is 1.00 bits per heavy atom. The lowest BCUT2D eigenvalue weighted by Gasteiger charge is -2.15. The summed E-state index contributed by atoms with van der Waals surface area (Å²) in [7, 11) is 0. The van der Waals surface area contributed by atoms with Gasteiger partial charge in [-0.3, -0.25) is 9.59 Å². The average molecular weight is 218 g/mol. The molecule has 0 fully saturated rings. The van der Waals surface area contributed by atoms with Gasteiger partial charge in [-0.15, -0.1) is 0 Å². The summed E-state index contributed by atoms with van der Waals surface area (Å²) >= 11 is 0. The molecule has 16 heavy (non-hydrogen) atoms. The van der Waals surface area contributed by atoms with E-state index >= 15 is 0 Å². The minimum absolute atomic E-state index is 0.178. The molecular weight excluding hydrogens is 212 g/mol. The van der Waals surface area contributed by atoms with Crippen LogP contribution < -0.4 is 15.9 Å². The Bertz CT molecular complexity index is 615. The van der Waals surface area contributed by atoms with Crippen LogP contribution in [0.4, 0.5) is 0 Å². The van der Waals surface area contributed by atoms with Crippen molar-refractivity contribution >= 4 is 0 Å². The minimum Gasteiger partial charge on any atom is -0.420 e. The maximum absolute atomic E-state index is 11.5. The molecule has 2 aromatic rings. The number of hydrogen-bond acceptors (Lipinski definition) is 5. The average Bonchev–Trinajstić information content (AvgIpc) is 2.28. The lowest BCUT2D eigenvalue weighted by atomic mass is 10.1. The molecule has 0 aromatic carbocycles. The van der Waals surface area contributed by atoms with Gasteiger partial charge in [0.2, 0.25) is 11.8 Å². The number of nitrogens with zero attached hydrogens (tertiary/aromatic N) is 2. The third-order valence-electron chi connectivity index (χ3n) is 2.37. The molecule has 0 saturated carbocycles. The number of H-pyrrole nitrogens is 2. The molecule has 2 N–H and O–H groups in total. The van der Waals surface area contributed by atoms with E-state index in [-0.39, 0.29) is 29.3 Å². The monoisotopic (exact) mass is 218 g/mol. The van der Waals surface area contributed by atoms with E-state index in [0.29, 0.717) is 11.1 Å². The van der Waals surface area contributed by atoms with Crippen molar-refractivity contribution in [2.24, 2.45) is 0 Å². The van der Waals surface area contributed by atoms with E-state index in [4.69, 9.17) is 4.74 Å². The third-order valence-corrected chi connectivity index (χ3v) is 2.37. The van der Waals surface area contributed by atoms with Crippen molar-refractivity contribution in [1.29, 1.82) is 0 Å². The maximum atomic E-state index is 11.5. The Morgan fingerprint density at radius 2 is 1.50 bits per heavy atom. The standard InChI is InChI=1S/C9H6N4O3/c14-6-4-1-5-7(15)11-3-13-9(5)16-8(4)12-2-10-6/h2-3H,1H2,(H,10,12,14)(H,11,13,15). The molecule has 0 bridgehead atoms. The zero-order valence-corrected chi connectivity index (χ0v) is 7.98.